The number of hydrogen-bond donors (Lipinski definition) is 2. The number of nitrogens with two attached hydrogens (primary N) is 1. The van der Waals surface area contributed by atoms with Crippen LogP contribution in [0.2, 0.25) is 0 Å². The highest BCUT2D eigenvalue weighted by Gasteiger charge is 2.14. The predicted molar refractivity (Wildman–Crippen MR) is 60.2 cm³/mol. The number of hydrogen-bond acceptors (Lipinski definition) is 4. The van der Waals surface area contributed by atoms with E-state index in [1.165, 1.54) is 18.9 Å². The van der Waals surface area contributed by atoms with Crippen molar-refractivity contribution in [3.63, 3.8) is 0 Å². The zero-order valence-electron chi connectivity index (χ0n) is 8.63. The first kappa shape index (κ1) is 11.0. The van der Waals surface area contributed by atoms with Crippen LogP contribution < -0.4 is 10.5 Å². The average Bonchev–Trinajstić information content (AvgIpc) is 2.21. The molecule has 0 bridgehead atoms. The van der Waals surface area contributed by atoms with Gasteiger partial charge in [0.05, 0.1) is 12.8 Å². The molecule has 3 N–H and O–H groups in total. The first-order valence-corrected chi connectivity index (χ1v) is 5.60. The molecule has 0 spiro atoms. The molecule has 0 amide bonds. The van der Waals surface area contributed by atoms with Gasteiger partial charge in [0.2, 0.25) is 0 Å². The summed E-state index contributed by atoms with van der Waals surface area (Å²) in [6.45, 7) is 2.05. The lowest BCUT2D eigenvalue weighted by atomic mass is 10.1. The monoisotopic (exact) mass is 213 g/mol. The smallest absolute Gasteiger partial charge is 0.182 e. The van der Waals surface area contributed by atoms with Gasteiger partial charge in [-0.25, -0.2) is 0 Å². The van der Waals surface area contributed by atoms with Gasteiger partial charge in [0.15, 0.2) is 11.5 Å². The normalized spacial score (nSPS) is 10.2. The fourth-order valence-corrected chi connectivity index (χ4v) is 2.15. The van der Waals surface area contributed by atoms with E-state index >= 15 is 0 Å². The van der Waals surface area contributed by atoms with Crippen molar-refractivity contribution < 1.29 is 9.84 Å². The minimum absolute atomic E-state index is 0.0362. The van der Waals surface area contributed by atoms with E-state index in [2.05, 4.69) is 0 Å². The third-order valence-electron chi connectivity index (χ3n) is 2.14. The fraction of sp³-hybridized carbons (Fsp3) is 0.400. The first-order valence-electron chi connectivity index (χ1n) is 4.38. The van der Waals surface area contributed by atoms with Crippen LogP contribution in [0.4, 0.5) is 5.69 Å². The Labute approximate surface area is 88.3 Å². The largest absolute Gasteiger partial charge is 0.503 e. The maximum Gasteiger partial charge on any atom is 0.182 e. The lowest BCUT2D eigenvalue weighted by Crippen LogP contribution is -1.97. The van der Waals surface area contributed by atoms with Gasteiger partial charge in [-0.3, -0.25) is 0 Å². The lowest BCUT2D eigenvalue weighted by molar-refractivity contribution is 0.373. The molecular weight excluding hydrogens is 198 g/mol. The Hall–Kier alpha value is -1.03. The predicted octanol–water partition coefficient (Wildman–Crippen LogP) is 2.27. The van der Waals surface area contributed by atoms with Crippen molar-refractivity contribution in [3.8, 4) is 11.5 Å². The van der Waals surface area contributed by atoms with Gasteiger partial charge in [-0.1, -0.05) is 6.92 Å². The molecule has 0 atom stereocenters. The van der Waals surface area contributed by atoms with E-state index in [0.29, 0.717) is 11.4 Å². The van der Waals surface area contributed by atoms with E-state index < -0.39 is 0 Å². The Kier molecular flexibility index (Phi) is 3.52. The number of rotatable bonds is 3. The lowest BCUT2D eigenvalue weighted by Gasteiger charge is -2.13. The highest BCUT2D eigenvalue weighted by molar-refractivity contribution is 7.98. The van der Waals surface area contributed by atoms with Crippen LogP contribution in [0.15, 0.2) is 11.0 Å². The van der Waals surface area contributed by atoms with Crippen molar-refractivity contribution in [2.45, 2.75) is 18.2 Å². The molecule has 78 valence electrons. The second kappa shape index (κ2) is 4.46. The molecule has 0 aliphatic carbocycles. The standard InChI is InChI=1S/C10H15NO2S/c1-4-6-5-7(13-2)9(12)8(11)10(6)14-3/h5,12H,4,11H2,1-3H3. The third kappa shape index (κ3) is 1.75. The van der Waals surface area contributed by atoms with Gasteiger partial charge in [0, 0.05) is 4.90 Å². The number of benzene rings is 1. The van der Waals surface area contributed by atoms with E-state index in [4.69, 9.17) is 10.5 Å². The van der Waals surface area contributed by atoms with Gasteiger partial charge in [0.1, 0.15) is 0 Å². The minimum Gasteiger partial charge on any atom is -0.503 e. The molecule has 0 aromatic heterocycles. The van der Waals surface area contributed by atoms with Gasteiger partial charge in [-0.15, -0.1) is 11.8 Å². The molecule has 1 rings (SSSR count). The van der Waals surface area contributed by atoms with Gasteiger partial charge in [0.25, 0.3) is 0 Å². The SMILES string of the molecule is CCc1cc(OC)c(O)c(N)c1SC. The Morgan fingerprint density at radius 3 is 2.64 bits per heavy atom. The molecule has 4 heteroatoms. The summed E-state index contributed by atoms with van der Waals surface area (Å²) in [4.78, 5) is 0.936. The molecule has 0 unspecified atom stereocenters. The quantitative estimate of drug-likeness (QED) is 0.459. The summed E-state index contributed by atoms with van der Waals surface area (Å²) >= 11 is 1.54. The van der Waals surface area contributed by atoms with Gasteiger partial charge in [-0.2, -0.15) is 0 Å². The molecule has 0 radical (unpaired) electrons. The Balaban J connectivity index is 3.38. The van der Waals surface area contributed by atoms with Crippen molar-refractivity contribution in [1.29, 1.82) is 0 Å². The number of phenolic OH excluding ortho intramolecular Hbond substituents is 1. The van der Waals surface area contributed by atoms with Crippen LogP contribution in [0.3, 0.4) is 0 Å². The molecule has 0 aliphatic rings. The summed E-state index contributed by atoms with van der Waals surface area (Å²) in [5.41, 5.74) is 7.31. The third-order valence-corrected chi connectivity index (χ3v) is 3.03. The van der Waals surface area contributed by atoms with Gasteiger partial charge in [-0.05, 0) is 24.3 Å². The van der Waals surface area contributed by atoms with E-state index in [0.717, 1.165) is 16.9 Å². The number of aryl methyl sites for hydroxylation is 1. The van der Waals surface area contributed by atoms with Crippen molar-refractivity contribution in [2.75, 3.05) is 19.1 Å². The molecule has 0 saturated heterocycles. The maximum atomic E-state index is 9.67. The Bertz CT molecular complexity index is 339. The summed E-state index contributed by atoms with van der Waals surface area (Å²) in [6, 6.07) is 1.83. The van der Waals surface area contributed by atoms with Crippen LogP contribution in [0.25, 0.3) is 0 Å². The minimum atomic E-state index is 0.0362. The number of anilines is 1. The molecule has 14 heavy (non-hydrogen) atoms. The highest BCUT2D eigenvalue weighted by Crippen LogP contribution is 2.41. The summed E-state index contributed by atoms with van der Waals surface area (Å²) in [7, 11) is 1.52. The van der Waals surface area contributed by atoms with Crippen LogP contribution in [0, 0.1) is 0 Å². The molecule has 0 heterocycles. The van der Waals surface area contributed by atoms with Crippen LogP contribution in [0.5, 0.6) is 11.5 Å². The topological polar surface area (TPSA) is 55.5 Å². The van der Waals surface area contributed by atoms with Crippen molar-refractivity contribution >= 4 is 17.4 Å². The number of methoxy groups -OCH3 is 1. The number of phenols is 1. The number of ether oxygens (including phenoxy) is 1. The van der Waals surface area contributed by atoms with Crippen LogP contribution in [0.1, 0.15) is 12.5 Å². The molecule has 0 aliphatic heterocycles. The summed E-state index contributed by atoms with van der Waals surface area (Å²) in [6.07, 6.45) is 2.81. The number of thioether (sulfide) groups is 1. The van der Waals surface area contributed by atoms with E-state index in [1.807, 2.05) is 19.2 Å². The van der Waals surface area contributed by atoms with Crippen LogP contribution >= 0.6 is 11.8 Å². The molecule has 1 aromatic carbocycles. The maximum absolute atomic E-state index is 9.67. The summed E-state index contributed by atoms with van der Waals surface area (Å²) < 4.78 is 5.03. The van der Waals surface area contributed by atoms with Crippen LogP contribution in [-0.2, 0) is 6.42 Å². The molecule has 3 nitrogen and oxygen atoms in total. The highest BCUT2D eigenvalue weighted by atomic mass is 32.2. The summed E-state index contributed by atoms with van der Waals surface area (Å²) in [5.74, 6) is 0.478. The van der Waals surface area contributed by atoms with Crippen molar-refractivity contribution in [1.82, 2.24) is 0 Å². The summed E-state index contributed by atoms with van der Waals surface area (Å²) in [5, 5.41) is 9.67. The van der Waals surface area contributed by atoms with E-state index in [9.17, 15) is 5.11 Å². The second-order valence-electron chi connectivity index (χ2n) is 2.89. The molecule has 1 aromatic rings. The fourth-order valence-electron chi connectivity index (χ4n) is 1.36. The molecule has 0 saturated carbocycles. The van der Waals surface area contributed by atoms with Crippen LogP contribution in [-0.4, -0.2) is 18.5 Å². The Morgan fingerprint density at radius 2 is 2.21 bits per heavy atom. The molecular formula is C10H15NO2S. The number of nitrogen functional groups attached to an aromatic ring is 1. The zero-order chi connectivity index (χ0) is 10.7. The Morgan fingerprint density at radius 1 is 1.57 bits per heavy atom. The molecule has 0 fully saturated rings. The second-order valence-corrected chi connectivity index (χ2v) is 3.70. The first-order chi connectivity index (χ1) is 6.65. The van der Waals surface area contributed by atoms with Crippen molar-refractivity contribution in [3.05, 3.63) is 11.6 Å². The van der Waals surface area contributed by atoms with E-state index in [1.54, 1.807) is 0 Å². The van der Waals surface area contributed by atoms with E-state index in [-0.39, 0.29) is 5.75 Å². The van der Waals surface area contributed by atoms with Crippen molar-refractivity contribution in [2.24, 2.45) is 0 Å². The van der Waals surface area contributed by atoms with Gasteiger partial charge >= 0.3 is 0 Å². The number of aromatic hydroxyl groups is 1. The average molecular weight is 213 g/mol. The van der Waals surface area contributed by atoms with Gasteiger partial charge < -0.3 is 15.6 Å². The zero-order valence-corrected chi connectivity index (χ0v) is 9.44.